The van der Waals surface area contributed by atoms with Gasteiger partial charge in [0.15, 0.2) is 0 Å². The second-order valence-electron chi connectivity index (χ2n) is 6.39. The Bertz CT molecular complexity index is 914. The highest BCUT2D eigenvalue weighted by molar-refractivity contribution is 5.71. The first-order chi connectivity index (χ1) is 12.5. The first-order valence-corrected chi connectivity index (χ1v) is 8.63. The Morgan fingerprint density at radius 2 is 1.77 bits per heavy atom. The third-order valence-electron chi connectivity index (χ3n) is 4.59. The molecule has 1 N–H and O–H groups in total. The van der Waals surface area contributed by atoms with E-state index in [1.165, 1.54) is 6.07 Å². The zero-order valence-electron chi connectivity index (χ0n) is 14.1. The maximum absolute atomic E-state index is 13.1. The second-order valence-corrected chi connectivity index (χ2v) is 6.39. The van der Waals surface area contributed by atoms with Gasteiger partial charge in [-0.25, -0.2) is 4.68 Å². The van der Waals surface area contributed by atoms with Crippen LogP contribution in [0.25, 0.3) is 16.9 Å². The molecule has 1 aromatic heterocycles. The molecule has 4 rings (SSSR count). The Hall–Kier alpha value is -2.76. The standard InChI is InChI=1S/C20H18F3N3/c21-20(22,23)15-9-6-10-16(13-15)26-19-17(11-4-5-12-24-19)18(25-26)14-7-2-1-3-8-14/h1-3,6-10,13,24H,4-5,11-12H2. The van der Waals surface area contributed by atoms with Crippen molar-refractivity contribution in [1.82, 2.24) is 9.78 Å². The first-order valence-electron chi connectivity index (χ1n) is 8.63. The monoisotopic (exact) mass is 357 g/mol. The number of benzene rings is 2. The third-order valence-corrected chi connectivity index (χ3v) is 4.59. The van der Waals surface area contributed by atoms with Crippen molar-refractivity contribution in [3.63, 3.8) is 0 Å². The number of rotatable bonds is 2. The summed E-state index contributed by atoms with van der Waals surface area (Å²) in [6.07, 6.45) is -1.49. The topological polar surface area (TPSA) is 29.9 Å². The van der Waals surface area contributed by atoms with Gasteiger partial charge in [-0.15, -0.1) is 0 Å². The molecule has 0 unspecified atom stereocenters. The third kappa shape index (κ3) is 3.07. The van der Waals surface area contributed by atoms with Gasteiger partial charge < -0.3 is 5.32 Å². The fraction of sp³-hybridized carbons (Fsp3) is 0.250. The average Bonchev–Trinajstić information content (AvgIpc) is 2.83. The van der Waals surface area contributed by atoms with Crippen LogP contribution < -0.4 is 5.32 Å². The van der Waals surface area contributed by atoms with E-state index in [1.807, 2.05) is 30.3 Å². The predicted molar refractivity (Wildman–Crippen MR) is 95.4 cm³/mol. The van der Waals surface area contributed by atoms with E-state index in [0.717, 1.165) is 60.6 Å². The molecule has 0 saturated heterocycles. The van der Waals surface area contributed by atoms with E-state index in [0.29, 0.717) is 5.69 Å². The fourth-order valence-corrected chi connectivity index (χ4v) is 3.33. The largest absolute Gasteiger partial charge is 0.416 e. The van der Waals surface area contributed by atoms with Gasteiger partial charge in [-0.05, 0) is 37.5 Å². The molecule has 1 aliphatic heterocycles. The molecule has 0 spiro atoms. The lowest BCUT2D eigenvalue weighted by Gasteiger charge is -2.12. The Balaban J connectivity index is 1.89. The van der Waals surface area contributed by atoms with Crippen molar-refractivity contribution in [2.45, 2.75) is 25.4 Å². The van der Waals surface area contributed by atoms with E-state index in [-0.39, 0.29) is 0 Å². The van der Waals surface area contributed by atoms with E-state index in [2.05, 4.69) is 10.4 Å². The summed E-state index contributed by atoms with van der Waals surface area (Å²) in [5.74, 6) is 0.792. The number of aromatic nitrogens is 2. The summed E-state index contributed by atoms with van der Waals surface area (Å²) < 4.78 is 40.9. The smallest absolute Gasteiger partial charge is 0.370 e. The van der Waals surface area contributed by atoms with Crippen molar-refractivity contribution in [3.05, 3.63) is 65.7 Å². The SMILES string of the molecule is FC(F)(F)c1cccc(-n2nc(-c3ccccc3)c3c2NCCCC3)c1. The fourth-order valence-electron chi connectivity index (χ4n) is 3.33. The van der Waals surface area contributed by atoms with Crippen LogP contribution in [0, 0.1) is 0 Å². The van der Waals surface area contributed by atoms with E-state index in [4.69, 9.17) is 0 Å². The predicted octanol–water partition coefficient (Wildman–Crippen LogP) is 5.31. The van der Waals surface area contributed by atoms with Gasteiger partial charge in [0.25, 0.3) is 0 Å². The van der Waals surface area contributed by atoms with Crippen molar-refractivity contribution < 1.29 is 13.2 Å². The van der Waals surface area contributed by atoms with Gasteiger partial charge in [-0.2, -0.15) is 18.3 Å². The maximum atomic E-state index is 13.1. The highest BCUT2D eigenvalue weighted by Gasteiger charge is 2.31. The van der Waals surface area contributed by atoms with Crippen LogP contribution in [-0.2, 0) is 12.6 Å². The van der Waals surface area contributed by atoms with Crippen molar-refractivity contribution in [2.24, 2.45) is 0 Å². The molecule has 0 fully saturated rings. The maximum Gasteiger partial charge on any atom is 0.416 e. The zero-order valence-corrected chi connectivity index (χ0v) is 14.1. The van der Waals surface area contributed by atoms with Crippen LogP contribution in [-0.4, -0.2) is 16.3 Å². The molecule has 2 aromatic carbocycles. The summed E-state index contributed by atoms with van der Waals surface area (Å²) in [6, 6.07) is 15.1. The molecule has 1 aliphatic rings. The molecular weight excluding hydrogens is 339 g/mol. The number of alkyl halides is 3. The van der Waals surface area contributed by atoms with Gasteiger partial charge in [0.2, 0.25) is 0 Å². The first kappa shape index (κ1) is 16.7. The molecule has 0 saturated carbocycles. The molecule has 0 amide bonds. The highest BCUT2D eigenvalue weighted by Crippen LogP contribution is 2.35. The molecule has 0 atom stereocenters. The van der Waals surface area contributed by atoms with E-state index in [1.54, 1.807) is 10.7 Å². The van der Waals surface area contributed by atoms with Crippen molar-refractivity contribution in [2.75, 3.05) is 11.9 Å². The summed E-state index contributed by atoms with van der Waals surface area (Å²) in [7, 11) is 0. The molecule has 3 aromatic rings. The summed E-state index contributed by atoms with van der Waals surface area (Å²) in [6.45, 7) is 0.784. The minimum Gasteiger partial charge on any atom is -0.370 e. The van der Waals surface area contributed by atoms with Crippen LogP contribution in [0.4, 0.5) is 19.0 Å². The molecule has 26 heavy (non-hydrogen) atoms. The van der Waals surface area contributed by atoms with Crippen LogP contribution in [0.5, 0.6) is 0 Å². The van der Waals surface area contributed by atoms with E-state index in [9.17, 15) is 13.2 Å². The van der Waals surface area contributed by atoms with Crippen molar-refractivity contribution in [3.8, 4) is 16.9 Å². The van der Waals surface area contributed by atoms with Crippen LogP contribution >= 0.6 is 0 Å². The average molecular weight is 357 g/mol. The van der Waals surface area contributed by atoms with Crippen molar-refractivity contribution in [1.29, 1.82) is 0 Å². The number of fused-ring (bicyclic) bond motifs is 1. The number of nitrogens with zero attached hydrogens (tertiary/aromatic N) is 2. The van der Waals surface area contributed by atoms with Crippen LogP contribution in [0.3, 0.4) is 0 Å². The summed E-state index contributed by atoms with van der Waals surface area (Å²) in [5.41, 5.74) is 2.60. The lowest BCUT2D eigenvalue weighted by atomic mass is 10.0. The minimum atomic E-state index is -4.38. The second kappa shape index (κ2) is 6.52. The summed E-state index contributed by atoms with van der Waals surface area (Å²) >= 11 is 0. The Kier molecular flexibility index (Phi) is 4.18. The van der Waals surface area contributed by atoms with Gasteiger partial charge in [-0.3, -0.25) is 0 Å². The number of anilines is 1. The quantitative estimate of drug-likeness (QED) is 0.674. The van der Waals surface area contributed by atoms with Gasteiger partial charge >= 0.3 is 6.18 Å². The molecule has 6 heteroatoms. The molecular formula is C20H18F3N3. The number of hydrogen-bond acceptors (Lipinski definition) is 2. The number of halogens is 3. The van der Waals surface area contributed by atoms with Crippen LogP contribution in [0.2, 0.25) is 0 Å². The van der Waals surface area contributed by atoms with E-state index >= 15 is 0 Å². The van der Waals surface area contributed by atoms with Gasteiger partial charge in [-0.1, -0.05) is 36.4 Å². The van der Waals surface area contributed by atoms with Gasteiger partial charge in [0, 0.05) is 17.7 Å². The Morgan fingerprint density at radius 1 is 0.962 bits per heavy atom. The number of nitrogens with one attached hydrogen (secondary N) is 1. The highest BCUT2D eigenvalue weighted by atomic mass is 19.4. The number of hydrogen-bond donors (Lipinski definition) is 1. The minimum absolute atomic E-state index is 0.410. The van der Waals surface area contributed by atoms with Gasteiger partial charge in [0.1, 0.15) is 5.82 Å². The van der Waals surface area contributed by atoms with Crippen LogP contribution in [0.15, 0.2) is 54.6 Å². The molecule has 3 nitrogen and oxygen atoms in total. The lowest BCUT2D eigenvalue weighted by Crippen LogP contribution is -2.09. The molecule has 0 radical (unpaired) electrons. The lowest BCUT2D eigenvalue weighted by molar-refractivity contribution is -0.137. The normalized spacial score (nSPS) is 14.4. The molecule has 2 heterocycles. The summed E-state index contributed by atoms with van der Waals surface area (Å²) in [4.78, 5) is 0. The zero-order chi connectivity index (χ0) is 18.1. The molecule has 134 valence electrons. The Morgan fingerprint density at radius 3 is 2.54 bits per heavy atom. The summed E-state index contributed by atoms with van der Waals surface area (Å²) in [5, 5.41) is 8.04. The van der Waals surface area contributed by atoms with E-state index < -0.39 is 11.7 Å². The Labute approximate surface area is 149 Å². The van der Waals surface area contributed by atoms with Crippen molar-refractivity contribution >= 4 is 5.82 Å². The van der Waals surface area contributed by atoms with Crippen LogP contribution in [0.1, 0.15) is 24.0 Å². The molecule has 0 bridgehead atoms. The van der Waals surface area contributed by atoms with Gasteiger partial charge in [0.05, 0.1) is 16.9 Å². The molecule has 0 aliphatic carbocycles.